The van der Waals surface area contributed by atoms with Crippen LogP contribution in [0.3, 0.4) is 0 Å². The number of aromatic nitrogens is 2. The highest BCUT2D eigenvalue weighted by molar-refractivity contribution is 6.32. The lowest BCUT2D eigenvalue weighted by Crippen LogP contribution is -2.13. The first-order valence-corrected chi connectivity index (χ1v) is 10.3. The number of nitrogens with zero attached hydrogens (tertiary/aromatic N) is 2. The molecule has 32 heavy (non-hydrogen) atoms. The van der Waals surface area contributed by atoms with Gasteiger partial charge in [-0.1, -0.05) is 30.7 Å². The molecule has 1 atom stereocenters. The zero-order valence-electron chi connectivity index (χ0n) is 17.2. The largest absolute Gasteiger partial charge is 0.439 e. The molecule has 0 spiro atoms. The Hall–Kier alpha value is -3.13. The van der Waals surface area contributed by atoms with E-state index in [9.17, 15) is 18.0 Å². The van der Waals surface area contributed by atoms with Crippen molar-refractivity contribution >= 4 is 17.5 Å². The molecule has 2 heterocycles. The van der Waals surface area contributed by atoms with Gasteiger partial charge < -0.3 is 10.5 Å². The first kappa shape index (κ1) is 23.5. The van der Waals surface area contributed by atoms with Gasteiger partial charge in [-0.25, -0.2) is 4.98 Å². The quantitative estimate of drug-likeness (QED) is 0.451. The summed E-state index contributed by atoms with van der Waals surface area (Å²) in [7, 11) is 0. The monoisotopic (exact) mass is 463 g/mol. The summed E-state index contributed by atoms with van der Waals surface area (Å²) < 4.78 is 43.6. The summed E-state index contributed by atoms with van der Waals surface area (Å²) in [6.45, 7) is 1.96. The van der Waals surface area contributed by atoms with E-state index in [1.807, 2.05) is 25.1 Å². The van der Waals surface area contributed by atoms with Crippen molar-refractivity contribution in [2.45, 2.75) is 38.3 Å². The molecular formula is C23H21ClF3N3O2. The molecule has 0 aliphatic rings. The van der Waals surface area contributed by atoms with Crippen molar-refractivity contribution in [1.29, 1.82) is 0 Å². The highest BCUT2D eigenvalue weighted by atomic mass is 35.5. The van der Waals surface area contributed by atoms with E-state index >= 15 is 0 Å². The minimum Gasteiger partial charge on any atom is -0.439 e. The predicted octanol–water partition coefficient (Wildman–Crippen LogP) is 5.90. The van der Waals surface area contributed by atoms with Gasteiger partial charge in [0.25, 0.3) is 0 Å². The Morgan fingerprint density at radius 3 is 2.41 bits per heavy atom. The molecule has 0 bridgehead atoms. The Balaban J connectivity index is 1.84. The molecule has 2 aromatic heterocycles. The molecule has 0 saturated heterocycles. The summed E-state index contributed by atoms with van der Waals surface area (Å²) in [5.41, 5.74) is 7.00. The Morgan fingerprint density at radius 2 is 1.84 bits per heavy atom. The number of nitrogens with two attached hydrogens (primary N) is 1. The SMILES string of the molecule is CCc1nccc(C(CCC(N)=O)c2ccc(Oc3ccc(C(F)(F)F)cn3)cc2)c1Cl. The van der Waals surface area contributed by atoms with Gasteiger partial charge in [-0.05, 0) is 48.2 Å². The van der Waals surface area contributed by atoms with Crippen LogP contribution >= 0.6 is 11.6 Å². The number of carbonyl (C=O) groups excluding carboxylic acids is 1. The van der Waals surface area contributed by atoms with Gasteiger partial charge in [0.2, 0.25) is 11.8 Å². The number of benzene rings is 1. The number of pyridine rings is 2. The van der Waals surface area contributed by atoms with Crippen LogP contribution in [-0.4, -0.2) is 15.9 Å². The summed E-state index contributed by atoms with van der Waals surface area (Å²) in [5.74, 6) is -0.156. The lowest BCUT2D eigenvalue weighted by Gasteiger charge is -2.20. The van der Waals surface area contributed by atoms with Gasteiger partial charge in [0.05, 0.1) is 16.3 Å². The van der Waals surface area contributed by atoms with Crippen LogP contribution in [-0.2, 0) is 17.4 Å². The van der Waals surface area contributed by atoms with Crippen molar-refractivity contribution in [3.05, 3.63) is 82.3 Å². The molecule has 9 heteroatoms. The predicted molar refractivity (Wildman–Crippen MR) is 115 cm³/mol. The third-order valence-electron chi connectivity index (χ3n) is 4.95. The molecular weight excluding hydrogens is 443 g/mol. The fourth-order valence-electron chi connectivity index (χ4n) is 3.31. The highest BCUT2D eigenvalue weighted by Gasteiger charge is 2.30. The Kier molecular flexibility index (Phi) is 7.35. The van der Waals surface area contributed by atoms with E-state index in [1.54, 1.807) is 18.3 Å². The third kappa shape index (κ3) is 5.76. The minimum absolute atomic E-state index is 0.0424. The summed E-state index contributed by atoms with van der Waals surface area (Å²) in [6.07, 6.45) is -0.742. The molecule has 0 aliphatic heterocycles. The lowest BCUT2D eigenvalue weighted by atomic mass is 9.87. The number of hydrogen-bond donors (Lipinski definition) is 1. The molecule has 2 N–H and O–H groups in total. The van der Waals surface area contributed by atoms with E-state index in [0.717, 1.165) is 35.2 Å². The van der Waals surface area contributed by atoms with Crippen molar-refractivity contribution in [3.63, 3.8) is 0 Å². The van der Waals surface area contributed by atoms with Crippen LogP contribution in [0.15, 0.2) is 54.9 Å². The smallest absolute Gasteiger partial charge is 0.417 e. The zero-order chi connectivity index (χ0) is 23.3. The van der Waals surface area contributed by atoms with Crippen LogP contribution in [0.25, 0.3) is 0 Å². The maximum Gasteiger partial charge on any atom is 0.417 e. The number of hydrogen-bond acceptors (Lipinski definition) is 4. The van der Waals surface area contributed by atoms with Gasteiger partial charge >= 0.3 is 6.18 Å². The molecule has 1 amide bonds. The van der Waals surface area contributed by atoms with Crippen molar-refractivity contribution in [2.24, 2.45) is 5.73 Å². The van der Waals surface area contributed by atoms with Crippen molar-refractivity contribution in [2.75, 3.05) is 0 Å². The molecule has 168 valence electrons. The van der Waals surface area contributed by atoms with Gasteiger partial charge in [-0.15, -0.1) is 0 Å². The van der Waals surface area contributed by atoms with Crippen molar-refractivity contribution in [3.8, 4) is 11.6 Å². The topological polar surface area (TPSA) is 78.1 Å². The second-order valence-corrected chi connectivity index (χ2v) is 7.50. The Labute approximate surface area is 188 Å². The molecule has 0 saturated carbocycles. The number of ether oxygens (including phenoxy) is 1. The second-order valence-electron chi connectivity index (χ2n) is 7.13. The van der Waals surface area contributed by atoms with Crippen LogP contribution in [0.2, 0.25) is 5.02 Å². The van der Waals surface area contributed by atoms with Crippen LogP contribution in [0.5, 0.6) is 11.6 Å². The van der Waals surface area contributed by atoms with E-state index in [4.69, 9.17) is 22.1 Å². The molecule has 0 fully saturated rings. The van der Waals surface area contributed by atoms with Gasteiger partial charge in [0.1, 0.15) is 5.75 Å². The maximum atomic E-state index is 12.7. The first-order valence-electron chi connectivity index (χ1n) is 9.91. The van der Waals surface area contributed by atoms with Crippen LogP contribution in [0.1, 0.15) is 48.1 Å². The number of aryl methyl sites for hydroxylation is 1. The number of amides is 1. The second kappa shape index (κ2) is 9.99. The fourth-order valence-corrected chi connectivity index (χ4v) is 3.68. The summed E-state index contributed by atoms with van der Waals surface area (Å²) in [5, 5.41) is 0.554. The zero-order valence-corrected chi connectivity index (χ0v) is 18.0. The summed E-state index contributed by atoms with van der Waals surface area (Å²) in [6, 6.07) is 10.9. The third-order valence-corrected chi connectivity index (χ3v) is 5.39. The maximum absolute atomic E-state index is 12.7. The summed E-state index contributed by atoms with van der Waals surface area (Å²) in [4.78, 5) is 19.4. The average molecular weight is 464 g/mol. The number of halogens is 4. The van der Waals surface area contributed by atoms with E-state index in [1.165, 1.54) is 0 Å². The minimum atomic E-state index is -4.46. The van der Waals surface area contributed by atoms with E-state index in [-0.39, 0.29) is 18.2 Å². The molecule has 3 rings (SSSR count). The fraction of sp³-hybridized carbons (Fsp3) is 0.261. The first-order chi connectivity index (χ1) is 15.2. The lowest BCUT2D eigenvalue weighted by molar-refractivity contribution is -0.137. The highest BCUT2D eigenvalue weighted by Crippen LogP contribution is 2.36. The standard InChI is InChI=1S/C23H21ClF3N3O2/c1-2-19-22(24)18(11-12-29-19)17(8-9-20(28)31)14-3-6-16(7-4-14)32-21-10-5-15(13-30-21)23(25,26)27/h3-7,10-13,17H,2,8-9H2,1H3,(H2,28,31). The van der Waals surface area contributed by atoms with Crippen LogP contribution in [0.4, 0.5) is 13.2 Å². The molecule has 1 unspecified atom stereocenters. The van der Waals surface area contributed by atoms with Crippen LogP contribution < -0.4 is 10.5 Å². The number of rotatable bonds is 8. The van der Waals surface area contributed by atoms with Gasteiger partial charge in [-0.3, -0.25) is 9.78 Å². The molecule has 0 radical (unpaired) electrons. The van der Waals surface area contributed by atoms with Gasteiger partial charge in [0.15, 0.2) is 0 Å². The number of carbonyl (C=O) groups is 1. The molecule has 0 aliphatic carbocycles. The van der Waals surface area contributed by atoms with Gasteiger partial charge in [-0.2, -0.15) is 13.2 Å². The molecule has 3 aromatic rings. The Bertz CT molecular complexity index is 1070. The average Bonchev–Trinajstić information content (AvgIpc) is 2.75. The van der Waals surface area contributed by atoms with E-state index in [0.29, 0.717) is 23.6 Å². The summed E-state index contributed by atoms with van der Waals surface area (Å²) >= 11 is 6.56. The van der Waals surface area contributed by atoms with E-state index < -0.39 is 17.6 Å². The number of alkyl halides is 3. The van der Waals surface area contributed by atoms with Gasteiger partial charge in [0, 0.05) is 30.8 Å². The van der Waals surface area contributed by atoms with Crippen LogP contribution in [0, 0.1) is 0 Å². The number of primary amides is 1. The Morgan fingerprint density at radius 1 is 1.12 bits per heavy atom. The van der Waals surface area contributed by atoms with E-state index in [2.05, 4.69) is 9.97 Å². The molecule has 1 aromatic carbocycles. The molecule has 5 nitrogen and oxygen atoms in total. The van der Waals surface area contributed by atoms with Crippen molar-refractivity contribution < 1.29 is 22.7 Å². The normalized spacial score (nSPS) is 12.4. The van der Waals surface area contributed by atoms with Crippen molar-refractivity contribution in [1.82, 2.24) is 9.97 Å².